The summed E-state index contributed by atoms with van der Waals surface area (Å²) >= 11 is 12.5. The van der Waals surface area contributed by atoms with Crippen LogP contribution in [0.25, 0.3) is 16.8 Å². The average molecular weight is 296 g/mol. The lowest BCUT2D eigenvalue weighted by atomic mass is 10.1. The van der Waals surface area contributed by atoms with Gasteiger partial charge in [-0.15, -0.1) is 0 Å². The third-order valence-electron chi connectivity index (χ3n) is 2.76. The van der Waals surface area contributed by atoms with Gasteiger partial charge in [0.05, 0.1) is 11.3 Å². The first-order valence-corrected chi connectivity index (χ1v) is 6.29. The van der Waals surface area contributed by atoms with E-state index in [0.717, 1.165) is 5.69 Å². The van der Waals surface area contributed by atoms with Gasteiger partial charge in [-0.2, -0.15) is 5.10 Å². The van der Waals surface area contributed by atoms with Gasteiger partial charge in [0.2, 0.25) is 0 Å². The van der Waals surface area contributed by atoms with E-state index in [9.17, 15) is 4.39 Å². The highest BCUT2D eigenvalue weighted by molar-refractivity contribution is 6.38. The van der Waals surface area contributed by atoms with Crippen molar-refractivity contribution in [1.82, 2.24) is 14.6 Å². The Balaban J connectivity index is 2.31. The Bertz CT molecular complexity index is 766. The van der Waals surface area contributed by atoms with E-state index in [1.54, 1.807) is 18.2 Å². The van der Waals surface area contributed by atoms with Gasteiger partial charge >= 0.3 is 0 Å². The Morgan fingerprint density at radius 1 is 1.16 bits per heavy atom. The van der Waals surface area contributed by atoms with Crippen LogP contribution in [-0.2, 0) is 0 Å². The van der Waals surface area contributed by atoms with Gasteiger partial charge < -0.3 is 0 Å². The largest absolute Gasteiger partial charge is 0.216 e. The minimum atomic E-state index is -0.319. The van der Waals surface area contributed by atoms with Crippen LogP contribution in [0, 0.1) is 12.7 Å². The summed E-state index contributed by atoms with van der Waals surface area (Å²) in [4.78, 5) is 4.24. The van der Waals surface area contributed by atoms with Crippen LogP contribution >= 0.6 is 23.2 Å². The molecule has 19 heavy (non-hydrogen) atoms. The van der Waals surface area contributed by atoms with Crippen molar-refractivity contribution in [1.29, 1.82) is 0 Å². The smallest absolute Gasteiger partial charge is 0.158 e. The molecule has 0 fully saturated rings. The van der Waals surface area contributed by atoms with Crippen LogP contribution in [0.15, 0.2) is 30.3 Å². The monoisotopic (exact) mass is 295 g/mol. The van der Waals surface area contributed by atoms with Gasteiger partial charge in [-0.1, -0.05) is 35.3 Å². The van der Waals surface area contributed by atoms with E-state index in [4.69, 9.17) is 23.2 Å². The minimum Gasteiger partial charge on any atom is -0.216 e. The van der Waals surface area contributed by atoms with Crippen LogP contribution in [0.2, 0.25) is 10.3 Å². The van der Waals surface area contributed by atoms with Gasteiger partial charge in [-0.05, 0) is 24.6 Å². The molecule has 0 saturated heterocycles. The summed E-state index contributed by atoms with van der Waals surface area (Å²) in [5.74, 6) is -0.319. The van der Waals surface area contributed by atoms with Crippen molar-refractivity contribution in [3.63, 3.8) is 0 Å². The zero-order valence-corrected chi connectivity index (χ0v) is 11.4. The summed E-state index contributed by atoms with van der Waals surface area (Å²) in [5.41, 5.74) is 2.61. The Labute approximate surface area is 118 Å². The van der Waals surface area contributed by atoms with Crippen LogP contribution in [0.5, 0.6) is 0 Å². The molecule has 0 aliphatic rings. The Morgan fingerprint density at radius 3 is 2.53 bits per heavy atom. The molecule has 0 radical (unpaired) electrons. The van der Waals surface area contributed by atoms with Gasteiger partial charge in [-0.25, -0.2) is 13.9 Å². The minimum absolute atomic E-state index is 0.268. The van der Waals surface area contributed by atoms with Gasteiger partial charge in [-0.3, -0.25) is 0 Å². The van der Waals surface area contributed by atoms with Crippen molar-refractivity contribution in [2.75, 3.05) is 0 Å². The molecule has 0 atom stereocenters. The first kappa shape index (κ1) is 12.4. The second-order valence-electron chi connectivity index (χ2n) is 4.13. The van der Waals surface area contributed by atoms with Crippen molar-refractivity contribution in [2.24, 2.45) is 0 Å². The molecule has 0 N–H and O–H groups in total. The third kappa shape index (κ3) is 2.07. The molecule has 3 aromatic rings. The van der Waals surface area contributed by atoms with Crippen LogP contribution in [0.4, 0.5) is 4.39 Å². The standard InChI is InChI=1S/C13H8Cl2FN3/c1-7-6-10-17-12(14)11(13(15)19(10)18-7)8-2-4-9(16)5-3-8/h2-6H,1H3. The number of benzene rings is 1. The SMILES string of the molecule is Cc1cc2nc(Cl)c(-c3ccc(F)cc3)c(Cl)n2n1. The highest BCUT2D eigenvalue weighted by Gasteiger charge is 2.15. The number of aromatic nitrogens is 3. The van der Waals surface area contributed by atoms with E-state index in [2.05, 4.69) is 10.1 Å². The van der Waals surface area contributed by atoms with E-state index in [1.807, 2.05) is 6.92 Å². The maximum Gasteiger partial charge on any atom is 0.158 e. The zero-order valence-electron chi connectivity index (χ0n) is 9.86. The predicted molar refractivity (Wildman–Crippen MR) is 73.1 cm³/mol. The fraction of sp³-hybridized carbons (Fsp3) is 0.0769. The second-order valence-corrected chi connectivity index (χ2v) is 4.85. The molecule has 6 heteroatoms. The Morgan fingerprint density at radius 2 is 1.84 bits per heavy atom. The molecule has 0 saturated carbocycles. The Hall–Kier alpha value is -1.65. The average Bonchev–Trinajstić information content (AvgIpc) is 2.72. The van der Waals surface area contributed by atoms with Gasteiger partial charge in [0.1, 0.15) is 16.1 Å². The lowest BCUT2D eigenvalue weighted by Gasteiger charge is -2.08. The number of rotatable bonds is 1. The van der Waals surface area contributed by atoms with Crippen molar-refractivity contribution >= 4 is 28.8 Å². The molecule has 2 aromatic heterocycles. The van der Waals surface area contributed by atoms with E-state index < -0.39 is 0 Å². The summed E-state index contributed by atoms with van der Waals surface area (Å²) in [7, 11) is 0. The number of fused-ring (bicyclic) bond motifs is 1. The van der Waals surface area contributed by atoms with E-state index in [0.29, 0.717) is 21.9 Å². The summed E-state index contributed by atoms with van der Waals surface area (Å²) in [6.07, 6.45) is 0. The van der Waals surface area contributed by atoms with Gasteiger partial charge in [0.25, 0.3) is 0 Å². The fourth-order valence-corrected chi connectivity index (χ4v) is 2.57. The Kier molecular flexibility index (Phi) is 2.92. The van der Waals surface area contributed by atoms with Crippen molar-refractivity contribution in [3.8, 4) is 11.1 Å². The molecule has 0 amide bonds. The maximum absolute atomic E-state index is 13.0. The molecular formula is C13H8Cl2FN3. The van der Waals surface area contributed by atoms with Crippen molar-refractivity contribution in [3.05, 3.63) is 52.1 Å². The summed E-state index contributed by atoms with van der Waals surface area (Å²) in [6, 6.07) is 7.69. The number of aryl methyl sites for hydroxylation is 1. The topological polar surface area (TPSA) is 30.2 Å². The van der Waals surface area contributed by atoms with E-state index >= 15 is 0 Å². The van der Waals surface area contributed by atoms with Crippen molar-refractivity contribution in [2.45, 2.75) is 6.92 Å². The van der Waals surface area contributed by atoms with Crippen LogP contribution in [-0.4, -0.2) is 14.6 Å². The number of nitrogens with zero attached hydrogens (tertiary/aromatic N) is 3. The van der Waals surface area contributed by atoms with Gasteiger partial charge in [0, 0.05) is 6.07 Å². The van der Waals surface area contributed by atoms with Crippen LogP contribution in [0.3, 0.4) is 0 Å². The normalized spacial score (nSPS) is 11.2. The molecular weight excluding hydrogens is 288 g/mol. The van der Waals surface area contributed by atoms with Crippen molar-refractivity contribution < 1.29 is 4.39 Å². The number of halogens is 3. The second kappa shape index (κ2) is 4.47. The third-order valence-corrected chi connectivity index (χ3v) is 3.38. The molecule has 0 aliphatic heterocycles. The van der Waals surface area contributed by atoms with Gasteiger partial charge in [0.15, 0.2) is 5.65 Å². The van der Waals surface area contributed by atoms with E-state index in [1.165, 1.54) is 16.6 Å². The fourth-order valence-electron chi connectivity index (χ4n) is 1.91. The molecule has 96 valence electrons. The lowest BCUT2D eigenvalue weighted by molar-refractivity contribution is 0.628. The number of hydrogen-bond donors (Lipinski definition) is 0. The summed E-state index contributed by atoms with van der Waals surface area (Å²) < 4.78 is 14.5. The zero-order chi connectivity index (χ0) is 13.6. The lowest BCUT2D eigenvalue weighted by Crippen LogP contribution is -1.97. The summed E-state index contributed by atoms with van der Waals surface area (Å²) in [6.45, 7) is 1.84. The molecule has 0 aliphatic carbocycles. The predicted octanol–water partition coefficient (Wildman–Crippen LogP) is 4.15. The highest BCUT2D eigenvalue weighted by Crippen LogP contribution is 2.34. The maximum atomic E-state index is 13.0. The summed E-state index contributed by atoms with van der Waals surface area (Å²) in [5, 5.41) is 4.87. The molecule has 3 nitrogen and oxygen atoms in total. The molecule has 1 aromatic carbocycles. The molecule has 0 spiro atoms. The first-order chi connectivity index (χ1) is 9.06. The molecule has 3 rings (SSSR count). The quantitative estimate of drug-likeness (QED) is 0.631. The van der Waals surface area contributed by atoms with Crippen LogP contribution < -0.4 is 0 Å². The molecule has 2 heterocycles. The van der Waals surface area contributed by atoms with Crippen LogP contribution in [0.1, 0.15) is 5.69 Å². The molecule has 0 bridgehead atoms. The first-order valence-electron chi connectivity index (χ1n) is 5.53. The molecule has 0 unspecified atom stereocenters. The number of hydrogen-bond acceptors (Lipinski definition) is 2. The highest BCUT2D eigenvalue weighted by atomic mass is 35.5. The van der Waals surface area contributed by atoms with E-state index in [-0.39, 0.29) is 11.0 Å².